The van der Waals surface area contributed by atoms with Crippen molar-refractivity contribution in [1.29, 1.82) is 0 Å². The Balaban J connectivity index is 2.66. The fourth-order valence-electron chi connectivity index (χ4n) is 1.24. The Morgan fingerprint density at radius 2 is 2.06 bits per heavy atom. The highest BCUT2D eigenvalue weighted by molar-refractivity contribution is 5.98. The lowest BCUT2D eigenvalue weighted by atomic mass is 10.1. The molecule has 0 atom stereocenters. The summed E-state index contributed by atoms with van der Waals surface area (Å²) in [4.78, 5) is 11.8. The fourth-order valence-corrected chi connectivity index (χ4v) is 1.24. The lowest BCUT2D eigenvalue weighted by Gasteiger charge is -2.19. The summed E-state index contributed by atoms with van der Waals surface area (Å²) in [5.41, 5.74) is 0.630. The van der Waals surface area contributed by atoms with Crippen LogP contribution in [0.15, 0.2) is 24.3 Å². The van der Waals surface area contributed by atoms with E-state index in [4.69, 9.17) is 4.74 Å². The molecule has 0 fully saturated rings. The van der Waals surface area contributed by atoms with Crippen LogP contribution in [0, 0.1) is 0 Å². The van der Waals surface area contributed by atoms with Crippen LogP contribution in [0.25, 0.3) is 0 Å². The summed E-state index contributed by atoms with van der Waals surface area (Å²) in [5.74, 6) is 0.787. The number of ether oxygens (including phenoxy) is 1. The second kappa shape index (κ2) is 5.12. The van der Waals surface area contributed by atoms with Crippen molar-refractivity contribution >= 4 is 5.78 Å². The molecule has 0 bridgehead atoms. The van der Waals surface area contributed by atoms with Crippen LogP contribution in [0.5, 0.6) is 5.75 Å². The van der Waals surface area contributed by atoms with Crippen molar-refractivity contribution in [2.75, 3.05) is 13.7 Å². The lowest BCUT2D eigenvalue weighted by molar-refractivity contribution is 0.0981. The minimum Gasteiger partial charge on any atom is -0.497 e. The number of nitrogens with one attached hydrogen (secondary N) is 1. The van der Waals surface area contributed by atoms with Crippen molar-refractivity contribution in [2.24, 2.45) is 0 Å². The summed E-state index contributed by atoms with van der Waals surface area (Å²) in [5, 5.41) is 3.17. The first-order chi connectivity index (χ1) is 7.42. The van der Waals surface area contributed by atoms with Crippen LogP contribution < -0.4 is 10.1 Å². The van der Waals surface area contributed by atoms with Gasteiger partial charge in [0, 0.05) is 11.1 Å². The quantitative estimate of drug-likeness (QED) is 0.793. The Morgan fingerprint density at radius 3 is 2.62 bits per heavy atom. The fraction of sp³-hybridized carbons (Fsp3) is 0.462. The van der Waals surface area contributed by atoms with Gasteiger partial charge in [-0.05, 0) is 32.9 Å². The summed E-state index contributed by atoms with van der Waals surface area (Å²) in [6.07, 6.45) is 0. The molecule has 0 aliphatic rings. The van der Waals surface area contributed by atoms with Gasteiger partial charge in [-0.3, -0.25) is 4.79 Å². The number of Topliss-reactive ketones (excluding diaryl/α,β-unsaturated/α-hetero) is 1. The minimum atomic E-state index is -0.0471. The maximum atomic E-state index is 11.8. The SMILES string of the molecule is COc1cccc(C(=O)CNC(C)(C)C)c1. The van der Waals surface area contributed by atoms with Crippen LogP contribution in [-0.4, -0.2) is 25.0 Å². The molecule has 88 valence electrons. The number of rotatable bonds is 4. The summed E-state index contributed by atoms with van der Waals surface area (Å²) in [6, 6.07) is 7.21. The first kappa shape index (κ1) is 12.7. The van der Waals surface area contributed by atoms with Crippen LogP contribution in [0.2, 0.25) is 0 Å². The molecular weight excluding hydrogens is 202 g/mol. The van der Waals surface area contributed by atoms with Crippen LogP contribution in [0.1, 0.15) is 31.1 Å². The maximum Gasteiger partial charge on any atom is 0.176 e. The highest BCUT2D eigenvalue weighted by Crippen LogP contribution is 2.13. The third-order valence-corrected chi connectivity index (χ3v) is 2.17. The van der Waals surface area contributed by atoms with Gasteiger partial charge in [-0.1, -0.05) is 12.1 Å². The minimum absolute atomic E-state index is 0.0471. The third kappa shape index (κ3) is 4.03. The molecule has 3 heteroatoms. The second-order valence-electron chi connectivity index (χ2n) is 4.76. The van der Waals surface area contributed by atoms with Gasteiger partial charge in [0.15, 0.2) is 5.78 Å². The van der Waals surface area contributed by atoms with E-state index in [1.165, 1.54) is 0 Å². The summed E-state index contributed by atoms with van der Waals surface area (Å²) in [6.45, 7) is 6.44. The molecule has 1 aromatic rings. The van der Waals surface area contributed by atoms with Gasteiger partial charge in [-0.2, -0.15) is 0 Å². The second-order valence-corrected chi connectivity index (χ2v) is 4.76. The zero-order chi connectivity index (χ0) is 12.2. The molecule has 0 amide bonds. The molecule has 0 aromatic heterocycles. The van der Waals surface area contributed by atoms with Gasteiger partial charge < -0.3 is 10.1 Å². The largest absolute Gasteiger partial charge is 0.497 e. The Morgan fingerprint density at radius 1 is 1.38 bits per heavy atom. The molecule has 0 saturated heterocycles. The van der Waals surface area contributed by atoms with Gasteiger partial charge in [0.25, 0.3) is 0 Å². The van der Waals surface area contributed by atoms with E-state index in [1.54, 1.807) is 19.2 Å². The van der Waals surface area contributed by atoms with Crippen LogP contribution in [0.3, 0.4) is 0 Å². The number of benzene rings is 1. The number of ketones is 1. The molecule has 0 spiro atoms. The van der Waals surface area contributed by atoms with E-state index in [0.29, 0.717) is 17.9 Å². The predicted octanol–water partition coefficient (Wildman–Crippen LogP) is 2.27. The molecule has 0 aliphatic heterocycles. The first-order valence-electron chi connectivity index (χ1n) is 5.34. The number of carbonyl (C=O) groups excluding carboxylic acids is 1. The lowest BCUT2D eigenvalue weighted by Crippen LogP contribution is -2.39. The number of hydrogen-bond donors (Lipinski definition) is 1. The number of methoxy groups -OCH3 is 1. The molecule has 0 saturated carbocycles. The van der Waals surface area contributed by atoms with Gasteiger partial charge in [0.2, 0.25) is 0 Å². The molecule has 0 aliphatic carbocycles. The van der Waals surface area contributed by atoms with Gasteiger partial charge in [-0.15, -0.1) is 0 Å². The molecule has 1 N–H and O–H groups in total. The molecule has 0 unspecified atom stereocenters. The monoisotopic (exact) mass is 221 g/mol. The molecule has 3 nitrogen and oxygen atoms in total. The van der Waals surface area contributed by atoms with Crippen LogP contribution in [0.4, 0.5) is 0 Å². The van der Waals surface area contributed by atoms with Gasteiger partial charge in [0.1, 0.15) is 5.75 Å². The van der Waals surface area contributed by atoms with E-state index in [9.17, 15) is 4.79 Å². The molecule has 0 radical (unpaired) electrons. The van der Waals surface area contributed by atoms with E-state index >= 15 is 0 Å². The molecule has 0 heterocycles. The van der Waals surface area contributed by atoms with Crippen molar-refractivity contribution in [1.82, 2.24) is 5.32 Å². The van der Waals surface area contributed by atoms with Gasteiger partial charge >= 0.3 is 0 Å². The van der Waals surface area contributed by atoms with E-state index in [2.05, 4.69) is 5.32 Å². The highest BCUT2D eigenvalue weighted by atomic mass is 16.5. The molecule has 1 aromatic carbocycles. The normalized spacial score (nSPS) is 11.2. The topological polar surface area (TPSA) is 38.3 Å². The highest BCUT2D eigenvalue weighted by Gasteiger charge is 2.12. The average Bonchev–Trinajstić information content (AvgIpc) is 2.25. The Hall–Kier alpha value is -1.35. The average molecular weight is 221 g/mol. The van der Waals surface area contributed by atoms with Crippen molar-refractivity contribution < 1.29 is 9.53 Å². The first-order valence-corrected chi connectivity index (χ1v) is 5.34. The predicted molar refractivity (Wildman–Crippen MR) is 65.1 cm³/mol. The van der Waals surface area contributed by atoms with Crippen molar-refractivity contribution in [3.05, 3.63) is 29.8 Å². The van der Waals surface area contributed by atoms with Crippen molar-refractivity contribution in [2.45, 2.75) is 26.3 Å². The van der Waals surface area contributed by atoms with Crippen LogP contribution >= 0.6 is 0 Å². The van der Waals surface area contributed by atoms with Gasteiger partial charge in [-0.25, -0.2) is 0 Å². The number of carbonyl (C=O) groups is 1. The van der Waals surface area contributed by atoms with Gasteiger partial charge in [0.05, 0.1) is 13.7 Å². The Labute approximate surface area is 96.8 Å². The molecular formula is C13H19NO2. The summed E-state index contributed by atoms with van der Waals surface area (Å²) in [7, 11) is 1.59. The standard InChI is InChI=1S/C13H19NO2/c1-13(2,3)14-9-12(15)10-6-5-7-11(8-10)16-4/h5-8,14H,9H2,1-4H3. The van der Waals surface area contributed by atoms with Crippen molar-refractivity contribution in [3.8, 4) is 5.75 Å². The zero-order valence-electron chi connectivity index (χ0n) is 10.3. The molecule has 16 heavy (non-hydrogen) atoms. The molecule has 1 rings (SSSR count). The Bertz CT molecular complexity index is 366. The number of hydrogen-bond acceptors (Lipinski definition) is 3. The van der Waals surface area contributed by atoms with E-state index in [-0.39, 0.29) is 11.3 Å². The van der Waals surface area contributed by atoms with E-state index in [1.807, 2.05) is 32.9 Å². The smallest absolute Gasteiger partial charge is 0.176 e. The Kier molecular flexibility index (Phi) is 4.07. The summed E-state index contributed by atoms with van der Waals surface area (Å²) < 4.78 is 5.08. The maximum absolute atomic E-state index is 11.8. The third-order valence-electron chi connectivity index (χ3n) is 2.17. The van der Waals surface area contributed by atoms with E-state index < -0.39 is 0 Å². The van der Waals surface area contributed by atoms with Crippen molar-refractivity contribution in [3.63, 3.8) is 0 Å². The van der Waals surface area contributed by atoms with E-state index in [0.717, 1.165) is 0 Å². The zero-order valence-corrected chi connectivity index (χ0v) is 10.3. The van der Waals surface area contributed by atoms with Crippen LogP contribution in [-0.2, 0) is 0 Å². The summed E-state index contributed by atoms with van der Waals surface area (Å²) >= 11 is 0.